The lowest BCUT2D eigenvalue weighted by Gasteiger charge is -2.50. The van der Waals surface area contributed by atoms with Gasteiger partial charge in [0.05, 0.1) is 25.0 Å². The molecule has 6 heteroatoms. The maximum absolute atomic E-state index is 6.15. The quantitative estimate of drug-likeness (QED) is 0.823. The Hall–Kier alpha value is -2.05. The van der Waals surface area contributed by atoms with Crippen molar-refractivity contribution in [1.82, 2.24) is 15.0 Å². The van der Waals surface area contributed by atoms with Crippen LogP contribution < -0.4 is 4.90 Å². The molecular weight excluding hydrogens is 328 g/mol. The Kier molecular flexibility index (Phi) is 5.13. The number of hydrogen-bond donors (Lipinski definition) is 0. The molecule has 6 nitrogen and oxygen atoms in total. The van der Waals surface area contributed by atoms with Gasteiger partial charge in [0, 0.05) is 43.2 Å². The summed E-state index contributed by atoms with van der Waals surface area (Å²) in [5.41, 5.74) is 2.00. The minimum absolute atomic E-state index is 0.000470. The molecule has 138 valence electrons. The van der Waals surface area contributed by atoms with E-state index in [0.717, 1.165) is 56.3 Å². The van der Waals surface area contributed by atoms with Crippen LogP contribution in [0.3, 0.4) is 0 Å². The summed E-state index contributed by atoms with van der Waals surface area (Å²) in [6.07, 6.45) is 7.04. The summed E-state index contributed by atoms with van der Waals surface area (Å²) in [7, 11) is 0. The molecule has 0 spiro atoms. The zero-order chi connectivity index (χ0) is 17.8. The highest BCUT2D eigenvalue weighted by Gasteiger charge is 2.46. The Morgan fingerprint density at radius 3 is 3.00 bits per heavy atom. The van der Waals surface area contributed by atoms with Gasteiger partial charge in [0.25, 0.3) is 0 Å². The lowest BCUT2D eigenvalue weighted by Crippen LogP contribution is -2.57. The Morgan fingerprint density at radius 1 is 1.27 bits per heavy atom. The van der Waals surface area contributed by atoms with E-state index in [0.29, 0.717) is 13.2 Å². The number of anilines is 1. The summed E-state index contributed by atoms with van der Waals surface area (Å²) >= 11 is 0. The summed E-state index contributed by atoms with van der Waals surface area (Å²) in [4.78, 5) is 15.7. The van der Waals surface area contributed by atoms with E-state index in [4.69, 9.17) is 9.47 Å². The molecule has 0 bridgehead atoms. The van der Waals surface area contributed by atoms with Gasteiger partial charge in [-0.15, -0.1) is 0 Å². The SMILES string of the molecule is Cc1cccc(COC[C@@]23CCCO[C@@H]2CCN(c2ncccn2)C3)n1. The van der Waals surface area contributed by atoms with E-state index >= 15 is 0 Å². The van der Waals surface area contributed by atoms with Crippen molar-refractivity contribution in [3.63, 3.8) is 0 Å². The molecule has 0 N–H and O–H groups in total. The number of nitrogens with zero attached hydrogens (tertiary/aromatic N) is 4. The second-order valence-electron chi connectivity index (χ2n) is 7.35. The molecule has 0 amide bonds. The zero-order valence-corrected chi connectivity index (χ0v) is 15.3. The molecule has 0 aliphatic carbocycles. The molecule has 0 aromatic carbocycles. The second kappa shape index (κ2) is 7.68. The fourth-order valence-corrected chi connectivity index (χ4v) is 4.16. The van der Waals surface area contributed by atoms with Crippen molar-refractivity contribution in [1.29, 1.82) is 0 Å². The standard InChI is InChI=1S/C20H26N4O2/c1-16-5-2-6-17(23-16)13-25-15-20-8-3-12-26-18(20)7-11-24(14-20)19-21-9-4-10-22-19/h2,4-6,9-10,18H,3,7-8,11-15H2,1H3/t18-,20+/m1/s1. The minimum atomic E-state index is -0.000470. The molecule has 26 heavy (non-hydrogen) atoms. The molecule has 2 atom stereocenters. The van der Waals surface area contributed by atoms with Gasteiger partial charge >= 0.3 is 0 Å². The van der Waals surface area contributed by atoms with E-state index in [1.54, 1.807) is 12.4 Å². The number of aryl methyl sites for hydroxylation is 1. The van der Waals surface area contributed by atoms with Crippen LogP contribution in [0.4, 0.5) is 5.95 Å². The Balaban J connectivity index is 1.46. The number of rotatable bonds is 5. The normalized spacial score (nSPS) is 25.7. The molecule has 2 saturated heterocycles. The van der Waals surface area contributed by atoms with E-state index in [9.17, 15) is 0 Å². The fourth-order valence-electron chi connectivity index (χ4n) is 4.16. The molecule has 2 aliphatic rings. The van der Waals surface area contributed by atoms with Crippen LogP contribution in [0.15, 0.2) is 36.7 Å². The van der Waals surface area contributed by atoms with Gasteiger partial charge in [-0.2, -0.15) is 0 Å². The van der Waals surface area contributed by atoms with E-state index in [1.807, 2.05) is 31.2 Å². The van der Waals surface area contributed by atoms with Crippen molar-refractivity contribution in [3.8, 4) is 0 Å². The predicted octanol–water partition coefficient (Wildman–Crippen LogP) is 2.77. The topological polar surface area (TPSA) is 60.4 Å². The molecular formula is C20H26N4O2. The molecule has 2 aromatic heterocycles. The summed E-state index contributed by atoms with van der Waals surface area (Å²) in [5, 5.41) is 0. The van der Waals surface area contributed by atoms with Gasteiger partial charge in [-0.3, -0.25) is 4.98 Å². The Bertz CT molecular complexity index is 727. The first-order valence-corrected chi connectivity index (χ1v) is 9.39. The number of pyridine rings is 1. The molecule has 0 saturated carbocycles. The lowest BCUT2D eigenvalue weighted by atomic mass is 9.73. The number of hydrogen-bond acceptors (Lipinski definition) is 6. The Labute approximate surface area is 154 Å². The van der Waals surface area contributed by atoms with E-state index in [2.05, 4.69) is 19.9 Å². The number of ether oxygens (including phenoxy) is 2. The van der Waals surface area contributed by atoms with Crippen molar-refractivity contribution >= 4 is 5.95 Å². The van der Waals surface area contributed by atoms with Gasteiger partial charge in [-0.1, -0.05) is 6.07 Å². The third-order valence-electron chi connectivity index (χ3n) is 5.41. The van der Waals surface area contributed by atoms with Crippen molar-refractivity contribution in [2.75, 3.05) is 31.2 Å². The number of fused-ring (bicyclic) bond motifs is 1. The van der Waals surface area contributed by atoms with Gasteiger partial charge in [0.2, 0.25) is 5.95 Å². The van der Waals surface area contributed by atoms with Crippen LogP contribution in [0.25, 0.3) is 0 Å². The predicted molar refractivity (Wildman–Crippen MR) is 98.9 cm³/mol. The molecule has 2 fully saturated rings. The van der Waals surface area contributed by atoms with E-state index in [-0.39, 0.29) is 11.5 Å². The van der Waals surface area contributed by atoms with Crippen LogP contribution in [0.5, 0.6) is 0 Å². The molecule has 4 heterocycles. The number of aromatic nitrogens is 3. The largest absolute Gasteiger partial charge is 0.377 e. The van der Waals surface area contributed by atoms with Gasteiger partial charge in [-0.05, 0) is 44.4 Å². The first-order valence-electron chi connectivity index (χ1n) is 9.39. The van der Waals surface area contributed by atoms with Crippen LogP contribution in [0.2, 0.25) is 0 Å². The molecule has 2 aliphatic heterocycles. The van der Waals surface area contributed by atoms with E-state index in [1.165, 1.54) is 0 Å². The van der Waals surface area contributed by atoms with Crippen molar-refractivity contribution in [2.24, 2.45) is 5.41 Å². The third-order valence-corrected chi connectivity index (χ3v) is 5.41. The second-order valence-corrected chi connectivity index (χ2v) is 7.35. The Morgan fingerprint density at radius 2 is 2.15 bits per heavy atom. The van der Waals surface area contributed by atoms with Crippen molar-refractivity contribution in [3.05, 3.63) is 48.0 Å². The van der Waals surface area contributed by atoms with Gasteiger partial charge in [-0.25, -0.2) is 9.97 Å². The van der Waals surface area contributed by atoms with E-state index < -0.39 is 0 Å². The van der Waals surface area contributed by atoms with Crippen molar-refractivity contribution in [2.45, 2.75) is 38.9 Å². The monoisotopic (exact) mass is 354 g/mol. The molecule has 0 radical (unpaired) electrons. The van der Waals surface area contributed by atoms with Crippen LogP contribution in [0.1, 0.15) is 30.7 Å². The van der Waals surface area contributed by atoms with Crippen LogP contribution >= 0.6 is 0 Å². The average molecular weight is 354 g/mol. The summed E-state index contributed by atoms with van der Waals surface area (Å²) in [6, 6.07) is 7.91. The zero-order valence-electron chi connectivity index (χ0n) is 15.3. The third kappa shape index (κ3) is 3.71. The smallest absolute Gasteiger partial charge is 0.225 e. The van der Waals surface area contributed by atoms with Gasteiger partial charge < -0.3 is 14.4 Å². The highest BCUT2D eigenvalue weighted by molar-refractivity contribution is 5.31. The maximum Gasteiger partial charge on any atom is 0.225 e. The summed E-state index contributed by atoms with van der Waals surface area (Å²) in [5.74, 6) is 0.802. The highest BCUT2D eigenvalue weighted by Crippen LogP contribution is 2.41. The first kappa shape index (κ1) is 17.4. The lowest BCUT2D eigenvalue weighted by molar-refractivity contribution is -0.128. The number of piperidine rings is 1. The van der Waals surface area contributed by atoms with Crippen LogP contribution in [-0.2, 0) is 16.1 Å². The minimum Gasteiger partial charge on any atom is -0.377 e. The van der Waals surface area contributed by atoms with Crippen LogP contribution in [-0.4, -0.2) is 47.4 Å². The first-order chi connectivity index (χ1) is 12.8. The van der Waals surface area contributed by atoms with Crippen LogP contribution in [0, 0.1) is 12.3 Å². The summed E-state index contributed by atoms with van der Waals surface area (Å²) < 4.78 is 12.3. The highest BCUT2D eigenvalue weighted by atomic mass is 16.5. The maximum atomic E-state index is 6.15. The molecule has 0 unspecified atom stereocenters. The average Bonchev–Trinajstić information content (AvgIpc) is 2.68. The fraction of sp³-hybridized carbons (Fsp3) is 0.550. The molecule has 4 rings (SSSR count). The van der Waals surface area contributed by atoms with Gasteiger partial charge in [0.15, 0.2) is 0 Å². The summed E-state index contributed by atoms with van der Waals surface area (Å²) in [6.45, 7) is 5.88. The van der Waals surface area contributed by atoms with Gasteiger partial charge in [0.1, 0.15) is 0 Å². The van der Waals surface area contributed by atoms with Crippen molar-refractivity contribution < 1.29 is 9.47 Å². The molecule has 2 aromatic rings.